The largest absolute Gasteiger partial charge is 0.0622 e. The highest BCUT2D eigenvalue weighted by atomic mass is 14.3. The van der Waals surface area contributed by atoms with Crippen LogP contribution in [0, 0.1) is 13.8 Å². The molecule has 0 amide bonds. The SMILES string of the molecule is Cc1cccc(C)c1-c1cc2ccc3ccc4c5cc6c(-c7ccccc7)c7c8cc9ccccc9c9cccc(c7c(-c7ccccc7)c6cc5c5cc(c1)c2c3c45)c98. The van der Waals surface area contributed by atoms with Crippen molar-refractivity contribution in [1.29, 1.82) is 0 Å². The van der Waals surface area contributed by atoms with Gasteiger partial charge in [0.2, 0.25) is 0 Å². The molecule has 14 aromatic rings. The average Bonchev–Trinajstić information content (AvgIpc) is 3.78. The molecule has 0 aliphatic heterocycles. The molecule has 0 nitrogen and oxygen atoms in total. The Hall–Kier alpha value is -7.54. The van der Waals surface area contributed by atoms with E-state index in [0.29, 0.717) is 0 Å². The molecule has 0 N–H and O–H groups in total. The van der Waals surface area contributed by atoms with Gasteiger partial charge in [0, 0.05) is 0 Å². The predicted molar refractivity (Wildman–Crippen MR) is 261 cm³/mol. The molecule has 0 bridgehead atoms. The molecule has 0 spiro atoms. The first-order chi connectivity index (χ1) is 29.6. The summed E-state index contributed by atoms with van der Waals surface area (Å²) in [4.78, 5) is 0. The maximum Gasteiger partial charge on any atom is -0.000719 e. The highest BCUT2D eigenvalue weighted by Crippen LogP contribution is 2.55. The molecule has 0 atom stereocenters. The lowest BCUT2D eigenvalue weighted by atomic mass is 9.85. The smallest absolute Gasteiger partial charge is 0.000719 e. The van der Waals surface area contributed by atoms with Gasteiger partial charge in [-0.15, -0.1) is 0 Å². The molecule has 0 aromatic heterocycles. The van der Waals surface area contributed by atoms with E-state index in [0.717, 1.165) is 0 Å². The molecule has 0 radical (unpaired) electrons. The highest BCUT2D eigenvalue weighted by Gasteiger charge is 2.26. The molecule has 0 aliphatic carbocycles. The fourth-order valence-electron chi connectivity index (χ4n) is 11.7. The van der Waals surface area contributed by atoms with Crippen LogP contribution in [0.4, 0.5) is 0 Å². The van der Waals surface area contributed by atoms with Crippen LogP contribution in [-0.4, -0.2) is 0 Å². The molecule has 14 aromatic carbocycles. The molecule has 0 saturated carbocycles. The molecular weight excluding hydrogens is 721 g/mol. The third kappa shape index (κ3) is 4.10. The van der Waals surface area contributed by atoms with Gasteiger partial charge < -0.3 is 0 Å². The fourth-order valence-corrected chi connectivity index (χ4v) is 11.7. The van der Waals surface area contributed by atoms with E-state index in [1.165, 1.54) is 152 Å². The standard InChI is InChI=1S/C60H36/c1-33-13-11-14-34(2)52(33)40-27-39-24-23-37-25-26-44-46-31-49-50(32-47(46)48-30-41(28-40)53(39)56(37)58(44)48)54(35-15-5-3-6-16-35)59-45-22-12-21-43-42-20-10-9-19-38(42)29-51(57(43)45)60(59)55(49)36-17-7-4-8-18-36/h3-32H,1-2H3. The summed E-state index contributed by atoms with van der Waals surface area (Å²) >= 11 is 0. The normalized spacial score (nSPS) is 12.5. The Morgan fingerprint density at radius 1 is 0.217 bits per heavy atom. The summed E-state index contributed by atoms with van der Waals surface area (Å²) in [5, 5.41) is 26.5. The third-order valence-electron chi connectivity index (χ3n) is 14.0. The maximum atomic E-state index is 2.57. The van der Waals surface area contributed by atoms with Crippen LogP contribution in [0.15, 0.2) is 182 Å². The van der Waals surface area contributed by atoms with Crippen LogP contribution in [0.5, 0.6) is 0 Å². The minimum absolute atomic E-state index is 1.25. The Bertz CT molecular complexity index is 4080. The number of benzene rings is 12. The van der Waals surface area contributed by atoms with Crippen LogP contribution in [-0.2, 0) is 0 Å². The van der Waals surface area contributed by atoms with Gasteiger partial charge in [-0.3, -0.25) is 0 Å². The Morgan fingerprint density at radius 2 is 0.767 bits per heavy atom. The lowest BCUT2D eigenvalue weighted by molar-refractivity contribution is 1.38. The van der Waals surface area contributed by atoms with E-state index >= 15 is 0 Å². The zero-order valence-electron chi connectivity index (χ0n) is 33.3. The van der Waals surface area contributed by atoms with E-state index in [4.69, 9.17) is 0 Å². The summed E-state index contributed by atoms with van der Waals surface area (Å²) in [7, 11) is 0. The third-order valence-corrected chi connectivity index (χ3v) is 14.0. The van der Waals surface area contributed by atoms with Gasteiger partial charge in [-0.05, 0) is 202 Å². The second kappa shape index (κ2) is 11.6. The van der Waals surface area contributed by atoms with Gasteiger partial charge in [-0.1, -0.05) is 146 Å². The maximum absolute atomic E-state index is 2.57. The van der Waals surface area contributed by atoms with E-state index in [-0.39, 0.29) is 0 Å². The fraction of sp³-hybridized carbons (Fsp3) is 0.0333. The Kier molecular flexibility index (Phi) is 6.25. The van der Waals surface area contributed by atoms with E-state index in [1.54, 1.807) is 0 Å². The van der Waals surface area contributed by atoms with Crippen LogP contribution in [0.25, 0.3) is 141 Å². The number of fused-ring (bicyclic) bond motifs is 9. The minimum Gasteiger partial charge on any atom is -0.0622 e. The van der Waals surface area contributed by atoms with Crippen LogP contribution >= 0.6 is 0 Å². The van der Waals surface area contributed by atoms with Crippen LogP contribution in [0.1, 0.15) is 11.1 Å². The van der Waals surface area contributed by atoms with Crippen molar-refractivity contribution in [3.05, 3.63) is 193 Å². The topological polar surface area (TPSA) is 0 Å². The first-order valence-corrected chi connectivity index (χ1v) is 21.2. The molecule has 0 saturated heterocycles. The molecule has 60 heavy (non-hydrogen) atoms. The van der Waals surface area contributed by atoms with Crippen LogP contribution in [0.3, 0.4) is 0 Å². The number of aryl methyl sites for hydroxylation is 2. The Morgan fingerprint density at radius 3 is 1.52 bits per heavy atom. The highest BCUT2D eigenvalue weighted by molar-refractivity contribution is 6.45. The van der Waals surface area contributed by atoms with Crippen molar-refractivity contribution in [2.24, 2.45) is 0 Å². The summed E-state index contributed by atoms with van der Waals surface area (Å²) < 4.78 is 0. The number of hydrogen-bond acceptors (Lipinski definition) is 0. The number of hydrogen-bond donors (Lipinski definition) is 0. The predicted octanol–water partition coefficient (Wildman–Crippen LogP) is 17.1. The van der Waals surface area contributed by atoms with Crippen molar-refractivity contribution in [3.63, 3.8) is 0 Å². The Balaban J connectivity index is 1.22. The van der Waals surface area contributed by atoms with Gasteiger partial charge in [-0.2, -0.15) is 0 Å². The quantitative estimate of drug-likeness (QED) is 0.158. The van der Waals surface area contributed by atoms with E-state index < -0.39 is 0 Å². The van der Waals surface area contributed by atoms with Gasteiger partial charge >= 0.3 is 0 Å². The Labute approximate surface area is 346 Å². The monoisotopic (exact) mass is 756 g/mol. The first-order valence-electron chi connectivity index (χ1n) is 21.2. The zero-order valence-corrected chi connectivity index (χ0v) is 33.3. The van der Waals surface area contributed by atoms with Gasteiger partial charge in [0.25, 0.3) is 0 Å². The summed E-state index contributed by atoms with van der Waals surface area (Å²) in [6.45, 7) is 4.48. The summed E-state index contributed by atoms with van der Waals surface area (Å²) in [5.74, 6) is 0. The first kappa shape index (κ1) is 32.4. The lowest BCUT2D eigenvalue weighted by Gasteiger charge is -2.17. The van der Waals surface area contributed by atoms with Gasteiger partial charge in [0.05, 0.1) is 0 Å². The summed E-state index contributed by atoms with van der Waals surface area (Å²) in [6.07, 6.45) is 0. The number of rotatable bonds is 3. The second-order valence-electron chi connectivity index (χ2n) is 17.2. The molecule has 14 rings (SSSR count). The van der Waals surface area contributed by atoms with Crippen molar-refractivity contribution in [1.82, 2.24) is 0 Å². The molecular formula is C60H36. The molecule has 0 fully saturated rings. The van der Waals surface area contributed by atoms with Crippen molar-refractivity contribution in [2.75, 3.05) is 0 Å². The van der Waals surface area contributed by atoms with Crippen molar-refractivity contribution < 1.29 is 0 Å². The van der Waals surface area contributed by atoms with E-state index in [2.05, 4.69) is 196 Å². The van der Waals surface area contributed by atoms with Gasteiger partial charge in [0.15, 0.2) is 0 Å². The van der Waals surface area contributed by atoms with E-state index in [9.17, 15) is 0 Å². The van der Waals surface area contributed by atoms with Gasteiger partial charge in [-0.25, -0.2) is 0 Å². The van der Waals surface area contributed by atoms with Crippen LogP contribution in [0.2, 0.25) is 0 Å². The average molecular weight is 757 g/mol. The summed E-state index contributed by atoms with van der Waals surface area (Å²) in [6, 6.07) is 69.3. The molecule has 0 aliphatic rings. The van der Waals surface area contributed by atoms with E-state index in [1.807, 2.05) is 0 Å². The molecule has 0 heterocycles. The summed E-state index contributed by atoms with van der Waals surface area (Å²) in [5.41, 5.74) is 10.4. The molecule has 0 heteroatoms. The molecule has 0 unspecified atom stereocenters. The van der Waals surface area contributed by atoms with Gasteiger partial charge in [0.1, 0.15) is 0 Å². The van der Waals surface area contributed by atoms with Crippen molar-refractivity contribution >= 4 is 108 Å². The second-order valence-corrected chi connectivity index (χ2v) is 17.2. The lowest BCUT2D eigenvalue weighted by Crippen LogP contribution is -1.90. The van der Waals surface area contributed by atoms with Crippen molar-refractivity contribution in [3.8, 4) is 33.4 Å². The molecule has 276 valence electrons. The minimum atomic E-state index is 1.25. The van der Waals surface area contributed by atoms with Crippen molar-refractivity contribution in [2.45, 2.75) is 13.8 Å². The zero-order chi connectivity index (χ0) is 39.4. The van der Waals surface area contributed by atoms with Crippen LogP contribution < -0.4 is 0 Å².